The van der Waals surface area contributed by atoms with Crippen LogP contribution in [0.5, 0.6) is 5.75 Å². The minimum absolute atomic E-state index is 0.147. The fourth-order valence-electron chi connectivity index (χ4n) is 6.99. The molecule has 3 saturated heterocycles. The number of aliphatic hydroxyl groups excluding tert-OH is 1. The van der Waals surface area contributed by atoms with Crippen LogP contribution in [0, 0.1) is 17.8 Å². The van der Waals surface area contributed by atoms with Crippen molar-refractivity contribution in [2.24, 2.45) is 17.8 Å². The molecule has 1 aromatic carbocycles. The van der Waals surface area contributed by atoms with E-state index in [1.807, 2.05) is 26.8 Å². The number of fused-ring (bicyclic) bond motifs is 1. The van der Waals surface area contributed by atoms with Gasteiger partial charge in [-0.3, -0.25) is 14.4 Å². The molecule has 2 amide bonds. The molecule has 1 N–H and O–H groups in total. The average molecular weight is 569 g/mol. The van der Waals surface area contributed by atoms with Crippen LogP contribution < -0.4 is 9.64 Å². The number of unbranched alkanes of at least 4 members (excludes halogenated alkanes) is 2. The minimum Gasteiger partial charge on any atom is -0.497 e. The molecule has 4 rings (SSSR count). The maximum absolute atomic E-state index is 14.6. The van der Waals surface area contributed by atoms with Crippen LogP contribution in [0.25, 0.3) is 0 Å². The number of anilines is 1. The van der Waals surface area contributed by atoms with Crippen molar-refractivity contribution in [3.8, 4) is 5.75 Å². The Morgan fingerprint density at radius 1 is 1.20 bits per heavy atom. The molecule has 3 fully saturated rings. The lowest BCUT2D eigenvalue weighted by molar-refractivity contribution is -0.161. The SMILES string of the molecule is C=CCCCCOC(=O)[C@@H]1[C@H]2C(=O)N([C@@H](CO)C(C)C)C(C(=O)N(CC=C)c3ccc(OC)cc3)C23CC[C@@]1(C)O3. The quantitative estimate of drug-likeness (QED) is 0.206. The topological polar surface area (TPSA) is 106 Å². The summed E-state index contributed by atoms with van der Waals surface area (Å²) >= 11 is 0. The van der Waals surface area contributed by atoms with Crippen molar-refractivity contribution in [2.75, 3.05) is 31.8 Å². The van der Waals surface area contributed by atoms with Crippen molar-refractivity contribution in [1.29, 1.82) is 0 Å². The van der Waals surface area contributed by atoms with E-state index in [2.05, 4.69) is 13.2 Å². The van der Waals surface area contributed by atoms with Gasteiger partial charge in [-0.2, -0.15) is 0 Å². The number of carbonyl (C=O) groups excluding carboxylic acids is 3. The normalized spacial score (nSPS) is 28.9. The van der Waals surface area contributed by atoms with Gasteiger partial charge < -0.3 is 29.1 Å². The summed E-state index contributed by atoms with van der Waals surface area (Å²) in [6.45, 7) is 13.3. The van der Waals surface area contributed by atoms with Crippen LogP contribution in [0.4, 0.5) is 5.69 Å². The Morgan fingerprint density at radius 3 is 2.49 bits per heavy atom. The Bertz CT molecular complexity index is 1150. The van der Waals surface area contributed by atoms with Crippen molar-refractivity contribution >= 4 is 23.5 Å². The lowest BCUT2D eigenvalue weighted by Gasteiger charge is -2.40. The van der Waals surface area contributed by atoms with Crippen molar-refractivity contribution in [3.63, 3.8) is 0 Å². The third-order valence-corrected chi connectivity index (χ3v) is 9.02. The predicted molar refractivity (Wildman–Crippen MR) is 155 cm³/mol. The van der Waals surface area contributed by atoms with Gasteiger partial charge in [-0.1, -0.05) is 26.0 Å². The van der Waals surface area contributed by atoms with E-state index in [4.69, 9.17) is 14.2 Å². The number of carbonyl (C=O) groups is 3. The highest BCUT2D eigenvalue weighted by molar-refractivity contribution is 6.05. The summed E-state index contributed by atoms with van der Waals surface area (Å²) < 4.78 is 17.7. The smallest absolute Gasteiger partial charge is 0.312 e. The van der Waals surface area contributed by atoms with E-state index in [0.717, 1.165) is 12.8 Å². The number of methoxy groups -OCH3 is 1. The second-order valence-corrected chi connectivity index (χ2v) is 11.9. The first kappa shape index (κ1) is 30.8. The van der Waals surface area contributed by atoms with Crippen LogP contribution >= 0.6 is 0 Å². The standard InChI is InChI=1S/C32H44N2O7/c1-7-9-10-11-19-40-30(38)26-25-28(36)34(24(20-35)21(3)4)27(32(25)17-16-31(26,5)41-32)29(37)33(18-8-2)22-12-14-23(39-6)15-13-22/h7-8,12-15,21,24-27,35H,1-2,9-11,16-20H2,3-6H3/t24-,25-,26-,27?,31+,32?/m0/s1. The summed E-state index contributed by atoms with van der Waals surface area (Å²) in [5.74, 6) is -2.38. The Kier molecular flexibility index (Phi) is 9.29. The molecule has 0 saturated carbocycles. The third kappa shape index (κ3) is 5.30. The number of amides is 2. The number of benzene rings is 1. The minimum atomic E-state index is -1.22. The highest BCUT2D eigenvalue weighted by Crippen LogP contribution is 2.64. The molecular weight excluding hydrogens is 524 g/mol. The Labute approximate surface area is 243 Å². The highest BCUT2D eigenvalue weighted by Gasteiger charge is 2.79. The molecule has 3 heterocycles. The lowest BCUT2D eigenvalue weighted by Crippen LogP contribution is -2.60. The molecule has 0 radical (unpaired) electrons. The van der Waals surface area contributed by atoms with Crippen molar-refractivity contribution < 1.29 is 33.7 Å². The zero-order valence-corrected chi connectivity index (χ0v) is 24.7. The summed E-state index contributed by atoms with van der Waals surface area (Å²) in [5.41, 5.74) is -1.54. The van der Waals surface area contributed by atoms with E-state index < -0.39 is 41.1 Å². The summed E-state index contributed by atoms with van der Waals surface area (Å²) in [6.07, 6.45) is 6.79. The van der Waals surface area contributed by atoms with E-state index >= 15 is 0 Å². The molecule has 9 heteroatoms. The van der Waals surface area contributed by atoms with Gasteiger partial charge in [0.15, 0.2) is 0 Å². The number of likely N-dealkylation sites (tertiary alicyclic amines) is 1. The Balaban J connectivity index is 1.75. The number of allylic oxidation sites excluding steroid dienone is 1. The van der Waals surface area contributed by atoms with E-state index in [1.165, 1.54) is 4.90 Å². The monoisotopic (exact) mass is 568 g/mol. The molecule has 2 bridgehead atoms. The van der Waals surface area contributed by atoms with Gasteiger partial charge in [-0.15, -0.1) is 13.2 Å². The number of hydrogen-bond donors (Lipinski definition) is 1. The first-order valence-corrected chi connectivity index (χ1v) is 14.6. The number of nitrogens with zero attached hydrogens (tertiary/aromatic N) is 2. The molecule has 0 aliphatic carbocycles. The maximum Gasteiger partial charge on any atom is 0.312 e. The summed E-state index contributed by atoms with van der Waals surface area (Å²) in [4.78, 5) is 45.7. The molecular formula is C32H44N2O7. The zero-order chi connectivity index (χ0) is 29.9. The van der Waals surface area contributed by atoms with E-state index in [-0.39, 0.29) is 37.5 Å². The molecule has 6 atom stereocenters. The number of aliphatic hydroxyl groups is 1. The van der Waals surface area contributed by atoms with Crippen LogP contribution in [-0.4, -0.2) is 77.9 Å². The fourth-order valence-corrected chi connectivity index (χ4v) is 6.99. The van der Waals surface area contributed by atoms with Gasteiger partial charge in [-0.25, -0.2) is 0 Å². The number of hydrogen-bond acceptors (Lipinski definition) is 7. The average Bonchev–Trinajstić information content (AvgIpc) is 3.52. The molecule has 9 nitrogen and oxygen atoms in total. The van der Waals surface area contributed by atoms with Crippen LogP contribution in [-0.2, 0) is 23.9 Å². The van der Waals surface area contributed by atoms with Crippen molar-refractivity contribution in [3.05, 3.63) is 49.6 Å². The Morgan fingerprint density at radius 2 is 1.90 bits per heavy atom. The molecule has 224 valence electrons. The first-order valence-electron chi connectivity index (χ1n) is 14.6. The van der Waals surface area contributed by atoms with Crippen LogP contribution in [0.1, 0.15) is 52.9 Å². The molecule has 1 aromatic rings. The summed E-state index contributed by atoms with van der Waals surface area (Å²) in [7, 11) is 1.57. The highest BCUT2D eigenvalue weighted by atomic mass is 16.6. The van der Waals surface area contributed by atoms with E-state index in [9.17, 15) is 19.5 Å². The van der Waals surface area contributed by atoms with Crippen molar-refractivity contribution in [2.45, 2.75) is 76.2 Å². The van der Waals surface area contributed by atoms with Crippen LogP contribution in [0.2, 0.25) is 0 Å². The molecule has 3 aliphatic heterocycles. The third-order valence-electron chi connectivity index (χ3n) is 9.02. The van der Waals surface area contributed by atoms with Gasteiger partial charge in [0.1, 0.15) is 23.3 Å². The van der Waals surface area contributed by atoms with Gasteiger partial charge in [0, 0.05) is 12.2 Å². The predicted octanol–water partition coefficient (Wildman–Crippen LogP) is 3.90. The van der Waals surface area contributed by atoms with Crippen molar-refractivity contribution in [1.82, 2.24) is 4.90 Å². The number of rotatable bonds is 14. The van der Waals surface area contributed by atoms with Crippen LogP contribution in [0.15, 0.2) is 49.6 Å². The van der Waals surface area contributed by atoms with Gasteiger partial charge >= 0.3 is 5.97 Å². The Hall–Kier alpha value is -3.17. The summed E-state index contributed by atoms with van der Waals surface area (Å²) in [5, 5.41) is 10.4. The van der Waals surface area contributed by atoms with E-state index in [0.29, 0.717) is 30.7 Å². The number of esters is 1. The molecule has 0 aromatic heterocycles. The molecule has 41 heavy (non-hydrogen) atoms. The second kappa shape index (κ2) is 12.4. The largest absolute Gasteiger partial charge is 0.497 e. The van der Waals surface area contributed by atoms with Gasteiger partial charge in [0.2, 0.25) is 5.91 Å². The first-order chi connectivity index (χ1) is 19.6. The number of ether oxygens (including phenoxy) is 3. The maximum atomic E-state index is 14.6. The van der Waals surface area contributed by atoms with E-state index in [1.54, 1.807) is 42.4 Å². The molecule has 2 unspecified atom stereocenters. The van der Waals surface area contributed by atoms with Gasteiger partial charge in [0.05, 0.1) is 37.9 Å². The lowest BCUT2D eigenvalue weighted by atomic mass is 9.66. The van der Waals surface area contributed by atoms with Gasteiger partial charge in [0.25, 0.3) is 5.91 Å². The second-order valence-electron chi connectivity index (χ2n) is 11.9. The van der Waals surface area contributed by atoms with Crippen LogP contribution in [0.3, 0.4) is 0 Å². The van der Waals surface area contributed by atoms with Gasteiger partial charge in [-0.05, 0) is 69.2 Å². The summed E-state index contributed by atoms with van der Waals surface area (Å²) in [6, 6.07) is 5.42. The molecule has 3 aliphatic rings. The fraction of sp³-hybridized carbons (Fsp3) is 0.594. The molecule has 1 spiro atoms. The zero-order valence-electron chi connectivity index (χ0n) is 24.7.